The number of aromatic nitrogens is 1. The monoisotopic (exact) mass is 680 g/mol. The van der Waals surface area contributed by atoms with Crippen molar-refractivity contribution in [3.8, 4) is 11.8 Å². The minimum Gasteiger partial charge on any atom is -0.488 e. The first-order chi connectivity index (χ1) is 23.9. The third-order valence-electron chi connectivity index (χ3n) is 10.1. The highest BCUT2D eigenvalue weighted by atomic mass is 32.1. The van der Waals surface area contributed by atoms with Crippen LogP contribution in [0.25, 0.3) is 0 Å². The first kappa shape index (κ1) is 32.5. The molecule has 1 aliphatic carbocycles. The Balaban J connectivity index is 1.21. The maximum absolute atomic E-state index is 14.6. The van der Waals surface area contributed by atoms with Crippen molar-refractivity contribution in [2.45, 2.75) is 50.7 Å². The summed E-state index contributed by atoms with van der Waals surface area (Å²) < 4.78 is 6.63. The molecule has 2 fully saturated rings. The van der Waals surface area contributed by atoms with Gasteiger partial charge in [-0.1, -0.05) is 37.1 Å². The van der Waals surface area contributed by atoms with Crippen LogP contribution in [0, 0.1) is 23.2 Å². The molecule has 1 saturated carbocycles. The summed E-state index contributed by atoms with van der Waals surface area (Å²) in [6.45, 7) is 1.03. The van der Waals surface area contributed by atoms with Crippen LogP contribution < -0.4 is 10.1 Å². The highest BCUT2D eigenvalue weighted by Gasteiger charge is 2.45. The van der Waals surface area contributed by atoms with E-state index in [0.29, 0.717) is 67.1 Å². The largest absolute Gasteiger partial charge is 0.488 e. The van der Waals surface area contributed by atoms with Crippen LogP contribution in [-0.2, 0) is 16.0 Å². The van der Waals surface area contributed by atoms with Crippen molar-refractivity contribution in [3.05, 3.63) is 81.3 Å². The Morgan fingerprint density at radius 1 is 0.980 bits per heavy atom. The molecule has 3 aromatic rings. The Hall–Kier alpha value is -5.09. The van der Waals surface area contributed by atoms with E-state index in [1.54, 1.807) is 45.8 Å². The highest BCUT2D eigenvalue weighted by Crippen LogP contribution is 2.42. The Bertz CT molecular complexity index is 1800. The quantitative estimate of drug-likeness (QED) is 0.280. The Morgan fingerprint density at radius 3 is 2.45 bits per heavy atom. The smallest absolute Gasteiger partial charge is 0.265 e. The van der Waals surface area contributed by atoms with E-state index in [0.717, 1.165) is 24.0 Å². The molecule has 252 valence electrons. The molecule has 1 N–H and O–H groups in total. The number of fused-ring (bicyclic) bond motifs is 2. The van der Waals surface area contributed by atoms with Gasteiger partial charge in [0.15, 0.2) is 0 Å². The lowest BCUT2D eigenvalue weighted by molar-refractivity contribution is -0.146. The van der Waals surface area contributed by atoms with Gasteiger partial charge >= 0.3 is 0 Å². The molecule has 4 aliphatic rings. The van der Waals surface area contributed by atoms with Gasteiger partial charge in [-0.05, 0) is 43.0 Å². The van der Waals surface area contributed by atoms with Crippen LogP contribution in [0.15, 0.2) is 54.2 Å². The zero-order chi connectivity index (χ0) is 34.1. The van der Waals surface area contributed by atoms with Crippen molar-refractivity contribution in [1.29, 1.82) is 5.26 Å². The average molecular weight is 681 g/mol. The molecule has 3 unspecified atom stereocenters. The summed E-state index contributed by atoms with van der Waals surface area (Å²) in [6, 6.07) is 13.6. The van der Waals surface area contributed by atoms with Crippen LogP contribution in [0.4, 0.5) is 0 Å². The highest BCUT2D eigenvalue weighted by molar-refractivity contribution is 7.11. The molecule has 5 amide bonds. The molecule has 3 aliphatic heterocycles. The first-order valence-electron chi connectivity index (χ1n) is 16.7. The second-order valence-corrected chi connectivity index (χ2v) is 13.8. The maximum atomic E-state index is 14.6. The molecular formula is C36H36N6O6S. The lowest BCUT2D eigenvalue weighted by Gasteiger charge is -2.43. The van der Waals surface area contributed by atoms with Gasteiger partial charge < -0.3 is 19.9 Å². The number of nitrogens with zero attached hydrogens (tertiary/aromatic N) is 5. The number of nitriles is 1. The van der Waals surface area contributed by atoms with Crippen LogP contribution in [0.1, 0.15) is 79.7 Å². The van der Waals surface area contributed by atoms with Gasteiger partial charge in [0.25, 0.3) is 17.7 Å². The van der Waals surface area contributed by atoms with Crippen LogP contribution in [0.5, 0.6) is 5.75 Å². The molecule has 0 bridgehead atoms. The fourth-order valence-electron chi connectivity index (χ4n) is 7.75. The number of carbonyl (C=O) groups is 5. The topological polar surface area (TPSA) is 153 Å². The number of ether oxygens (including phenoxy) is 1. The van der Waals surface area contributed by atoms with Gasteiger partial charge in [0, 0.05) is 36.9 Å². The molecule has 49 heavy (non-hydrogen) atoms. The van der Waals surface area contributed by atoms with E-state index in [2.05, 4.69) is 10.3 Å². The van der Waals surface area contributed by atoms with Crippen LogP contribution in [-0.4, -0.2) is 88.0 Å². The zero-order valence-corrected chi connectivity index (χ0v) is 27.7. The number of thiazole rings is 1. The molecule has 7 rings (SSSR count). The maximum Gasteiger partial charge on any atom is 0.265 e. The Labute approximate surface area is 287 Å². The van der Waals surface area contributed by atoms with E-state index in [-0.39, 0.29) is 36.9 Å². The molecule has 0 spiro atoms. The van der Waals surface area contributed by atoms with Gasteiger partial charge in [-0.3, -0.25) is 33.9 Å². The molecule has 2 aromatic carbocycles. The minimum atomic E-state index is -0.726. The number of hydrogen-bond donors (Lipinski definition) is 1. The van der Waals surface area contributed by atoms with Crippen molar-refractivity contribution in [3.63, 3.8) is 0 Å². The summed E-state index contributed by atoms with van der Waals surface area (Å²) in [7, 11) is 0. The van der Waals surface area contributed by atoms with E-state index in [4.69, 9.17) is 10.00 Å². The molecule has 4 atom stereocenters. The van der Waals surface area contributed by atoms with E-state index in [1.165, 1.54) is 16.2 Å². The lowest BCUT2D eigenvalue weighted by atomic mass is 9.77. The third kappa shape index (κ3) is 6.17. The SMILES string of the molecule is N#CCNC(=O)C1CCCCC1C(=O)N1CCc2cccc(OC3CCN(C(=O)c4cncs4)C3)c2[C@H]1CN1C(=O)c2ccccc2C1=O. The van der Waals surface area contributed by atoms with Gasteiger partial charge in [-0.2, -0.15) is 5.26 Å². The van der Waals surface area contributed by atoms with Crippen molar-refractivity contribution in [1.82, 2.24) is 25.0 Å². The fourth-order valence-corrected chi connectivity index (χ4v) is 8.34. The fraction of sp³-hybridized carbons (Fsp3) is 0.417. The van der Waals surface area contributed by atoms with E-state index < -0.39 is 29.7 Å². The van der Waals surface area contributed by atoms with Gasteiger partial charge in [-0.15, -0.1) is 11.3 Å². The molecule has 13 heteroatoms. The molecule has 12 nitrogen and oxygen atoms in total. The average Bonchev–Trinajstić information content (AvgIpc) is 3.89. The standard InChI is InChI=1S/C36H36N6O6S/c37-14-15-39-32(43)24-7-1-2-8-25(24)33(44)41-17-12-22-6-5-11-29(48-23-13-16-40(19-23)36(47)30-18-38-21-49-30)31(22)28(41)20-42-34(45)26-9-3-4-10-27(26)35(42)46/h3-6,9-11,18,21,23-25,28H,1-2,7-8,12-13,15-17,19-20H2,(H,39,43)/t23?,24?,25?,28-/m1/s1. The summed E-state index contributed by atoms with van der Waals surface area (Å²) in [5, 5.41) is 11.7. The number of benzene rings is 2. The van der Waals surface area contributed by atoms with E-state index in [1.807, 2.05) is 24.3 Å². The Kier molecular flexibility index (Phi) is 9.14. The number of hydrogen-bond acceptors (Lipinski definition) is 9. The summed E-state index contributed by atoms with van der Waals surface area (Å²) in [5.74, 6) is -2.09. The number of imide groups is 1. The molecule has 1 aromatic heterocycles. The molecule has 0 radical (unpaired) electrons. The number of likely N-dealkylation sites (tertiary alicyclic amines) is 1. The van der Waals surface area contributed by atoms with Gasteiger partial charge in [-0.25, -0.2) is 0 Å². The normalized spacial score (nSPS) is 23.1. The Morgan fingerprint density at radius 2 is 1.73 bits per heavy atom. The second-order valence-electron chi connectivity index (χ2n) is 12.9. The van der Waals surface area contributed by atoms with Crippen molar-refractivity contribution in [2.24, 2.45) is 11.8 Å². The summed E-state index contributed by atoms with van der Waals surface area (Å²) in [5.41, 5.74) is 3.95. The van der Waals surface area contributed by atoms with Gasteiger partial charge in [0.1, 0.15) is 23.3 Å². The molecule has 4 heterocycles. The predicted octanol–water partition coefficient (Wildman–Crippen LogP) is 3.60. The van der Waals surface area contributed by atoms with Gasteiger partial charge in [0.2, 0.25) is 11.8 Å². The van der Waals surface area contributed by atoms with Gasteiger partial charge in [0.05, 0.1) is 48.0 Å². The van der Waals surface area contributed by atoms with E-state index >= 15 is 0 Å². The predicted molar refractivity (Wildman–Crippen MR) is 178 cm³/mol. The van der Waals surface area contributed by atoms with Crippen molar-refractivity contribution in [2.75, 3.05) is 32.7 Å². The number of nitrogens with one attached hydrogen (secondary N) is 1. The summed E-state index contributed by atoms with van der Waals surface area (Å²) in [6.07, 6.45) is 5.05. The number of carbonyl (C=O) groups excluding carboxylic acids is 5. The van der Waals surface area contributed by atoms with E-state index in [9.17, 15) is 24.0 Å². The molecular weight excluding hydrogens is 644 g/mol. The second kappa shape index (κ2) is 13.8. The minimum absolute atomic E-state index is 0.0792. The molecule has 1 saturated heterocycles. The van der Waals surface area contributed by atoms with Crippen LogP contribution in [0.2, 0.25) is 0 Å². The van der Waals surface area contributed by atoms with Crippen molar-refractivity contribution >= 4 is 40.9 Å². The number of rotatable bonds is 8. The van der Waals surface area contributed by atoms with Crippen LogP contribution >= 0.6 is 11.3 Å². The summed E-state index contributed by atoms with van der Waals surface area (Å²) >= 11 is 1.29. The lowest BCUT2D eigenvalue weighted by Crippen LogP contribution is -2.51. The third-order valence-corrected chi connectivity index (χ3v) is 10.9. The summed E-state index contributed by atoms with van der Waals surface area (Å²) in [4.78, 5) is 77.3. The van der Waals surface area contributed by atoms with Crippen LogP contribution in [0.3, 0.4) is 0 Å². The van der Waals surface area contributed by atoms with Crippen molar-refractivity contribution < 1.29 is 28.7 Å². The zero-order valence-electron chi connectivity index (χ0n) is 26.9. The first-order valence-corrected chi connectivity index (χ1v) is 17.6. The number of amides is 5.